The Balaban J connectivity index is 0.000000179. The lowest BCUT2D eigenvalue weighted by atomic mass is 9.84. The molecule has 4 rings (SSSR count). The molecule has 118 valence electrons. The van der Waals surface area contributed by atoms with Crippen molar-refractivity contribution in [2.45, 2.75) is 13.8 Å². The Bertz CT molecular complexity index is 796. The van der Waals surface area contributed by atoms with E-state index in [1.807, 2.05) is 0 Å². The van der Waals surface area contributed by atoms with Crippen LogP contribution in [-0.4, -0.2) is 11.6 Å². The van der Waals surface area contributed by atoms with E-state index in [0.29, 0.717) is 22.3 Å². The van der Waals surface area contributed by atoms with Gasteiger partial charge in [-0.15, -0.1) is 0 Å². The van der Waals surface area contributed by atoms with Crippen LogP contribution in [0.25, 0.3) is 0 Å². The summed E-state index contributed by atoms with van der Waals surface area (Å²) in [6.45, 7) is 4.24. The number of carbonyl (C=O) groups is 2. The van der Waals surface area contributed by atoms with Gasteiger partial charge in [-0.05, 0) is 25.0 Å². The van der Waals surface area contributed by atoms with Crippen molar-refractivity contribution in [1.29, 1.82) is 0 Å². The van der Waals surface area contributed by atoms with Gasteiger partial charge in [-0.2, -0.15) is 0 Å². The summed E-state index contributed by atoms with van der Waals surface area (Å²) < 4.78 is 0. The van der Waals surface area contributed by atoms with Crippen molar-refractivity contribution in [3.8, 4) is 0 Å². The highest BCUT2D eigenvalue weighted by atomic mass is 16.1. The number of fused-ring (bicyclic) bond motifs is 2. The van der Waals surface area contributed by atoms with Gasteiger partial charge in [0.1, 0.15) is 0 Å². The number of rotatable bonds is 0. The van der Waals surface area contributed by atoms with E-state index in [1.165, 1.54) is 11.1 Å². The van der Waals surface area contributed by atoms with Crippen molar-refractivity contribution in [2.24, 2.45) is 0 Å². The smallest absolute Gasteiger partial charge is 0.194 e. The van der Waals surface area contributed by atoms with E-state index >= 15 is 0 Å². The maximum absolute atomic E-state index is 12.1. The molecule has 2 nitrogen and oxygen atoms in total. The van der Waals surface area contributed by atoms with Crippen molar-refractivity contribution >= 4 is 11.6 Å². The van der Waals surface area contributed by atoms with Crippen LogP contribution in [0.1, 0.15) is 43.0 Å². The summed E-state index contributed by atoms with van der Waals surface area (Å²) in [4.78, 5) is 24.2. The predicted molar refractivity (Wildman–Crippen MR) is 95.7 cm³/mol. The third kappa shape index (κ3) is 2.91. The summed E-state index contributed by atoms with van der Waals surface area (Å²) >= 11 is 0. The molecular weight excluding hydrogens is 296 g/mol. The minimum Gasteiger partial charge on any atom is -0.289 e. The topological polar surface area (TPSA) is 34.1 Å². The molecule has 0 saturated heterocycles. The Morgan fingerprint density at radius 3 is 0.958 bits per heavy atom. The van der Waals surface area contributed by atoms with Gasteiger partial charge in [-0.1, -0.05) is 72.8 Å². The van der Waals surface area contributed by atoms with E-state index in [2.05, 4.69) is 38.1 Å². The van der Waals surface area contributed by atoms with Crippen LogP contribution >= 0.6 is 0 Å². The van der Waals surface area contributed by atoms with Crippen LogP contribution in [0.15, 0.2) is 72.8 Å². The maximum atomic E-state index is 12.1. The Kier molecular flexibility index (Phi) is 4.39. The first-order valence-electron chi connectivity index (χ1n) is 7.89. The van der Waals surface area contributed by atoms with Crippen LogP contribution in [0.2, 0.25) is 0 Å². The number of benzene rings is 3. The van der Waals surface area contributed by atoms with E-state index in [4.69, 9.17) is 0 Å². The number of hydrogen-bond acceptors (Lipinski definition) is 2. The molecule has 2 heteroatoms. The Hall–Kier alpha value is -3.00. The fraction of sp³-hybridized carbons (Fsp3) is 0.0909. The van der Waals surface area contributed by atoms with Gasteiger partial charge in [0.05, 0.1) is 0 Å². The second kappa shape index (κ2) is 6.63. The Morgan fingerprint density at radius 1 is 0.458 bits per heavy atom. The fourth-order valence-corrected chi connectivity index (χ4v) is 2.71. The molecule has 0 bridgehead atoms. The summed E-state index contributed by atoms with van der Waals surface area (Å²) in [5, 5.41) is 0. The number of carbonyl (C=O) groups excluding carboxylic acids is 2. The van der Waals surface area contributed by atoms with E-state index in [-0.39, 0.29) is 11.6 Å². The van der Waals surface area contributed by atoms with Gasteiger partial charge in [0.15, 0.2) is 11.6 Å². The average Bonchev–Trinajstić information content (AvgIpc) is 2.63. The number of hydrogen-bond donors (Lipinski definition) is 0. The SMILES string of the molecule is Cc1ccccc1C.O=C1c2ccccc2C(=O)c2ccccc21. The van der Waals surface area contributed by atoms with Crippen LogP contribution in [-0.2, 0) is 0 Å². The normalized spacial score (nSPS) is 11.9. The highest BCUT2D eigenvalue weighted by molar-refractivity contribution is 6.28. The first-order chi connectivity index (χ1) is 11.6. The van der Waals surface area contributed by atoms with Crippen LogP contribution < -0.4 is 0 Å². The van der Waals surface area contributed by atoms with Gasteiger partial charge in [0.25, 0.3) is 0 Å². The predicted octanol–water partition coefficient (Wildman–Crippen LogP) is 4.77. The van der Waals surface area contributed by atoms with Crippen molar-refractivity contribution < 1.29 is 9.59 Å². The van der Waals surface area contributed by atoms with Gasteiger partial charge in [0.2, 0.25) is 0 Å². The van der Waals surface area contributed by atoms with Crippen LogP contribution in [0, 0.1) is 13.8 Å². The van der Waals surface area contributed by atoms with Crippen LogP contribution in [0.3, 0.4) is 0 Å². The molecule has 3 aromatic carbocycles. The molecule has 0 N–H and O–H groups in total. The fourth-order valence-electron chi connectivity index (χ4n) is 2.71. The first-order valence-corrected chi connectivity index (χ1v) is 7.89. The maximum Gasteiger partial charge on any atom is 0.194 e. The molecule has 0 aliphatic heterocycles. The number of aryl methyl sites for hydroxylation is 2. The Morgan fingerprint density at radius 2 is 0.708 bits per heavy atom. The second-order valence-corrected chi connectivity index (χ2v) is 5.83. The first kappa shape index (κ1) is 15.9. The summed E-state index contributed by atoms with van der Waals surface area (Å²) in [5.41, 5.74) is 4.76. The highest BCUT2D eigenvalue weighted by Gasteiger charge is 2.28. The van der Waals surface area contributed by atoms with E-state index in [9.17, 15) is 9.59 Å². The molecule has 0 fully saturated rings. The molecule has 0 atom stereocenters. The standard InChI is InChI=1S/C14H8O2.C8H10/c15-13-9-5-1-2-6-10(9)14(16)12-8-4-3-7-11(12)13;1-7-5-3-4-6-8(7)2/h1-8H;3-6H,1-2H3. The molecule has 0 spiro atoms. The minimum atomic E-state index is -0.0641. The van der Waals surface area contributed by atoms with Crippen molar-refractivity contribution in [2.75, 3.05) is 0 Å². The molecule has 1 aliphatic rings. The zero-order chi connectivity index (χ0) is 17.1. The largest absolute Gasteiger partial charge is 0.289 e. The summed E-state index contributed by atoms with van der Waals surface area (Å²) in [6.07, 6.45) is 0. The molecule has 0 aromatic heterocycles. The van der Waals surface area contributed by atoms with E-state index in [1.54, 1.807) is 48.5 Å². The van der Waals surface area contributed by atoms with E-state index < -0.39 is 0 Å². The molecule has 0 radical (unpaired) electrons. The zero-order valence-corrected chi connectivity index (χ0v) is 13.7. The molecule has 0 unspecified atom stereocenters. The molecule has 0 heterocycles. The molecule has 3 aromatic rings. The summed E-state index contributed by atoms with van der Waals surface area (Å²) in [7, 11) is 0. The van der Waals surface area contributed by atoms with Gasteiger partial charge < -0.3 is 0 Å². The zero-order valence-electron chi connectivity index (χ0n) is 13.7. The van der Waals surface area contributed by atoms with Crippen molar-refractivity contribution in [1.82, 2.24) is 0 Å². The lowest BCUT2D eigenvalue weighted by Gasteiger charge is -2.16. The summed E-state index contributed by atoms with van der Waals surface area (Å²) in [5.74, 6) is -0.128. The monoisotopic (exact) mass is 314 g/mol. The van der Waals surface area contributed by atoms with Crippen molar-refractivity contribution in [3.63, 3.8) is 0 Å². The van der Waals surface area contributed by atoms with Crippen LogP contribution in [0.4, 0.5) is 0 Å². The lowest BCUT2D eigenvalue weighted by molar-refractivity contribution is 0.0979. The van der Waals surface area contributed by atoms with Crippen molar-refractivity contribution in [3.05, 3.63) is 106 Å². The van der Waals surface area contributed by atoms with Gasteiger partial charge in [-0.3, -0.25) is 9.59 Å². The molecule has 0 amide bonds. The molecular formula is C22H18O2. The molecule has 0 saturated carbocycles. The quantitative estimate of drug-likeness (QED) is 0.469. The third-order valence-electron chi connectivity index (χ3n) is 4.26. The number of ketones is 2. The third-order valence-corrected chi connectivity index (χ3v) is 4.26. The summed E-state index contributed by atoms with van der Waals surface area (Å²) in [6, 6.07) is 22.3. The molecule has 1 aliphatic carbocycles. The highest BCUT2D eigenvalue weighted by Crippen LogP contribution is 2.26. The molecule has 24 heavy (non-hydrogen) atoms. The Labute approximate surface area is 141 Å². The minimum absolute atomic E-state index is 0.0641. The van der Waals surface area contributed by atoms with Crippen LogP contribution in [0.5, 0.6) is 0 Å². The van der Waals surface area contributed by atoms with Gasteiger partial charge >= 0.3 is 0 Å². The second-order valence-electron chi connectivity index (χ2n) is 5.83. The van der Waals surface area contributed by atoms with Gasteiger partial charge in [-0.25, -0.2) is 0 Å². The average molecular weight is 314 g/mol. The lowest BCUT2D eigenvalue weighted by Crippen LogP contribution is -2.20. The van der Waals surface area contributed by atoms with E-state index in [0.717, 1.165) is 0 Å². The van der Waals surface area contributed by atoms with Gasteiger partial charge in [0, 0.05) is 22.3 Å².